The maximum Gasteiger partial charge on any atom is 0.329 e. The van der Waals surface area contributed by atoms with E-state index in [1.807, 2.05) is 6.92 Å². The first-order valence-electron chi connectivity index (χ1n) is 4.20. The maximum atomic E-state index is 11.6. The normalized spacial score (nSPS) is 11.1. The van der Waals surface area contributed by atoms with E-state index in [2.05, 4.69) is 20.9 Å². The van der Waals surface area contributed by atoms with Crippen LogP contribution in [-0.2, 0) is 14.1 Å². The minimum atomic E-state index is -0.0475. The number of hydrogen-bond acceptors (Lipinski definition) is 2. The van der Waals surface area contributed by atoms with Crippen LogP contribution >= 0.6 is 15.9 Å². The van der Waals surface area contributed by atoms with Gasteiger partial charge in [0.25, 0.3) is 0 Å². The van der Waals surface area contributed by atoms with Gasteiger partial charge in [-0.15, -0.1) is 0 Å². The zero-order chi connectivity index (χ0) is 10.5. The van der Waals surface area contributed by atoms with E-state index in [4.69, 9.17) is 0 Å². The van der Waals surface area contributed by atoms with E-state index in [0.29, 0.717) is 0 Å². The van der Waals surface area contributed by atoms with Gasteiger partial charge in [0.1, 0.15) is 0 Å². The molecular weight excluding hydrogens is 246 g/mol. The molecule has 2 aromatic rings. The van der Waals surface area contributed by atoms with Crippen LogP contribution in [0.3, 0.4) is 0 Å². The molecule has 4 nitrogen and oxygen atoms in total. The second-order valence-electron chi connectivity index (χ2n) is 3.30. The summed E-state index contributed by atoms with van der Waals surface area (Å²) < 4.78 is 4.09. The Labute approximate surface area is 89.3 Å². The molecule has 2 aromatic heterocycles. The second kappa shape index (κ2) is 2.95. The molecule has 5 heteroatoms. The summed E-state index contributed by atoms with van der Waals surface area (Å²) in [7, 11) is 3.48. The second-order valence-corrected chi connectivity index (χ2v) is 4.16. The number of aromatic nitrogens is 3. The summed E-state index contributed by atoms with van der Waals surface area (Å²) >= 11 is 3.40. The SMILES string of the molecule is Cc1c(Br)cnc2c1n(C)c(=O)n2C. The quantitative estimate of drug-likeness (QED) is 0.713. The van der Waals surface area contributed by atoms with Gasteiger partial charge in [0, 0.05) is 24.8 Å². The van der Waals surface area contributed by atoms with Crippen molar-refractivity contribution in [2.24, 2.45) is 14.1 Å². The molecule has 2 rings (SSSR count). The van der Waals surface area contributed by atoms with Crippen LogP contribution in [0.2, 0.25) is 0 Å². The lowest BCUT2D eigenvalue weighted by Crippen LogP contribution is -2.19. The number of halogens is 1. The Balaban J connectivity index is 3.11. The maximum absolute atomic E-state index is 11.6. The summed E-state index contributed by atoms with van der Waals surface area (Å²) in [4.78, 5) is 15.8. The van der Waals surface area contributed by atoms with Gasteiger partial charge in [0.2, 0.25) is 0 Å². The van der Waals surface area contributed by atoms with Gasteiger partial charge in [-0.05, 0) is 28.4 Å². The largest absolute Gasteiger partial charge is 0.329 e. The van der Waals surface area contributed by atoms with Crippen LogP contribution in [0, 0.1) is 6.92 Å². The molecule has 0 saturated heterocycles. The van der Waals surface area contributed by atoms with Gasteiger partial charge < -0.3 is 0 Å². The third kappa shape index (κ3) is 1.05. The highest BCUT2D eigenvalue weighted by Crippen LogP contribution is 2.21. The van der Waals surface area contributed by atoms with Crippen molar-refractivity contribution < 1.29 is 0 Å². The Morgan fingerprint density at radius 3 is 2.64 bits per heavy atom. The number of fused-ring (bicyclic) bond motifs is 1. The van der Waals surface area contributed by atoms with E-state index < -0.39 is 0 Å². The van der Waals surface area contributed by atoms with Crippen LogP contribution < -0.4 is 5.69 Å². The van der Waals surface area contributed by atoms with Crippen LogP contribution in [0.5, 0.6) is 0 Å². The van der Waals surface area contributed by atoms with Crippen LogP contribution in [0.4, 0.5) is 0 Å². The molecule has 0 radical (unpaired) electrons. The third-order valence-corrected chi connectivity index (χ3v) is 3.25. The lowest BCUT2D eigenvalue weighted by atomic mass is 10.3. The number of imidazole rings is 1. The van der Waals surface area contributed by atoms with E-state index in [-0.39, 0.29) is 5.69 Å². The number of aryl methyl sites for hydroxylation is 3. The number of hydrogen-bond donors (Lipinski definition) is 0. The first-order valence-corrected chi connectivity index (χ1v) is 5.00. The molecule has 74 valence electrons. The summed E-state index contributed by atoms with van der Waals surface area (Å²) in [5, 5.41) is 0. The molecular formula is C9H10BrN3O. The standard InChI is InChI=1S/C9H10BrN3O/c1-5-6(10)4-11-8-7(5)12(2)9(14)13(8)3/h4H,1-3H3. The van der Waals surface area contributed by atoms with E-state index in [1.54, 1.807) is 29.4 Å². The van der Waals surface area contributed by atoms with Gasteiger partial charge in [-0.25, -0.2) is 9.78 Å². The zero-order valence-electron chi connectivity index (χ0n) is 8.21. The summed E-state index contributed by atoms with van der Waals surface area (Å²) in [6.07, 6.45) is 1.72. The molecule has 0 saturated carbocycles. The molecule has 2 heterocycles. The highest BCUT2D eigenvalue weighted by molar-refractivity contribution is 9.10. The lowest BCUT2D eigenvalue weighted by molar-refractivity contribution is 0.791. The molecule has 0 spiro atoms. The van der Waals surface area contributed by atoms with Gasteiger partial charge in [0.05, 0.1) is 5.52 Å². The third-order valence-electron chi connectivity index (χ3n) is 2.45. The van der Waals surface area contributed by atoms with Gasteiger partial charge in [-0.3, -0.25) is 9.13 Å². The monoisotopic (exact) mass is 255 g/mol. The van der Waals surface area contributed by atoms with Crippen LogP contribution in [0.25, 0.3) is 11.2 Å². The van der Waals surface area contributed by atoms with Gasteiger partial charge >= 0.3 is 5.69 Å². The Morgan fingerprint density at radius 2 is 2.00 bits per heavy atom. The molecule has 0 N–H and O–H groups in total. The highest BCUT2D eigenvalue weighted by Gasteiger charge is 2.12. The Bertz CT molecular complexity index is 567. The Kier molecular flexibility index (Phi) is 1.99. The van der Waals surface area contributed by atoms with Crippen LogP contribution in [0.1, 0.15) is 5.56 Å². The Hall–Kier alpha value is -1.10. The summed E-state index contributed by atoms with van der Waals surface area (Å²) in [6.45, 7) is 1.97. The van der Waals surface area contributed by atoms with Crippen LogP contribution in [0.15, 0.2) is 15.5 Å². The molecule has 0 bridgehead atoms. The molecule has 0 fully saturated rings. The molecule has 0 aromatic carbocycles. The van der Waals surface area contributed by atoms with Crippen molar-refractivity contribution in [1.82, 2.24) is 14.1 Å². The van der Waals surface area contributed by atoms with E-state index in [9.17, 15) is 4.79 Å². The lowest BCUT2D eigenvalue weighted by Gasteiger charge is -2.00. The fraction of sp³-hybridized carbons (Fsp3) is 0.333. The van der Waals surface area contributed by atoms with E-state index >= 15 is 0 Å². The average Bonchev–Trinajstić information content (AvgIpc) is 2.38. The average molecular weight is 256 g/mol. The van der Waals surface area contributed by atoms with Crippen LogP contribution in [-0.4, -0.2) is 14.1 Å². The summed E-state index contributed by atoms with van der Waals surface area (Å²) in [5.41, 5.74) is 2.59. The highest BCUT2D eigenvalue weighted by atomic mass is 79.9. The van der Waals surface area contributed by atoms with E-state index in [1.165, 1.54) is 0 Å². The first kappa shape index (κ1) is 9.45. The molecule has 14 heavy (non-hydrogen) atoms. The fourth-order valence-electron chi connectivity index (χ4n) is 1.61. The molecule has 0 aliphatic carbocycles. The minimum Gasteiger partial charge on any atom is -0.293 e. The number of rotatable bonds is 0. The minimum absolute atomic E-state index is 0.0475. The van der Waals surface area contributed by atoms with Crippen molar-refractivity contribution in [2.75, 3.05) is 0 Å². The van der Waals surface area contributed by atoms with Crippen molar-refractivity contribution in [2.45, 2.75) is 6.92 Å². The molecule has 0 amide bonds. The Morgan fingerprint density at radius 1 is 1.36 bits per heavy atom. The topological polar surface area (TPSA) is 39.8 Å². The van der Waals surface area contributed by atoms with Crippen molar-refractivity contribution >= 4 is 27.1 Å². The smallest absolute Gasteiger partial charge is 0.293 e. The van der Waals surface area contributed by atoms with E-state index in [0.717, 1.165) is 21.2 Å². The summed E-state index contributed by atoms with van der Waals surface area (Å²) in [6, 6.07) is 0. The van der Waals surface area contributed by atoms with Gasteiger partial charge in [0.15, 0.2) is 5.65 Å². The summed E-state index contributed by atoms with van der Waals surface area (Å²) in [5.74, 6) is 0. The molecule has 0 aliphatic heterocycles. The predicted octanol–water partition coefficient (Wildman–Crippen LogP) is 1.34. The van der Waals surface area contributed by atoms with Gasteiger partial charge in [-0.2, -0.15) is 0 Å². The molecule has 0 aliphatic rings. The molecule has 0 atom stereocenters. The predicted molar refractivity (Wildman–Crippen MR) is 58.4 cm³/mol. The number of pyridine rings is 1. The number of nitrogens with zero attached hydrogens (tertiary/aromatic N) is 3. The first-order chi connectivity index (χ1) is 6.54. The molecule has 0 unspecified atom stereocenters. The van der Waals surface area contributed by atoms with Crippen molar-refractivity contribution in [3.8, 4) is 0 Å². The van der Waals surface area contributed by atoms with Crippen molar-refractivity contribution in [1.29, 1.82) is 0 Å². The van der Waals surface area contributed by atoms with Gasteiger partial charge in [-0.1, -0.05) is 0 Å². The fourth-order valence-corrected chi connectivity index (χ4v) is 1.91. The van der Waals surface area contributed by atoms with Crippen molar-refractivity contribution in [3.05, 3.63) is 26.7 Å². The zero-order valence-corrected chi connectivity index (χ0v) is 9.79. The van der Waals surface area contributed by atoms with Crippen molar-refractivity contribution in [3.63, 3.8) is 0 Å².